The standard InChI is InChI=1S/C22H23Cl3N4O4S2/c1-21(12-34-20-26-8-9-28(20)2)16(19(32)33-11-22(23,24)25)29-17(31)15(18(29)35-21)27-14(30)10-13-6-4-3-5-7-13/h3-9,15-16,18H,10-12H2,1-2H3,(H,27,30). The summed E-state index contributed by atoms with van der Waals surface area (Å²) in [6.07, 6.45) is 3.67. The van der Waals surface area contributed by atoms with Gasteiger partial charge in [0.1, 0.15) is 24.1 Å². The maximum atomic E-state index is 13.1. The van der Waals surface area contributed by atoms with Crippen molar-refractivity contribution < 1.29 is 19.1 Å². The van der Waals surface area contributed by atoms with Crippen LogP contribution in [-0.2, 0) is 32.6 Å². The SMILES string of the molecule is Cn1ccnc1SCC1(C)SC2C(NC(=O)Cc3ccccc3)C(=O)N2C1C(=O)OCC(Cl)(Cl)Cl. The Bertz CT molecular complexity index is 1110. The van der Waals surface area contributed by atoms with Crippen LogP contribution < -0.4 is 5.32 Å². The molecule has 13 heteroatoms. The van der Waals surface area contributed by atoms with Crippen molar-refractivity contribution in [1.82, 2.24) is 19.8 Å². The van der Waals surface area contributed by atoms with E-state index in [1.165, 1.54) is 28.4 Å². The summed E-state index contributed by atoms with van der Waals surface area (Å²) >= 11 is 20.2. The lowest BCUT2D eigenvalue weighted by atomic mass is 9.95. The molecule has 0 saturated carbocycles. The van der Waals surface area contributed by atoms with Gasteiger partial charge in [-0.2, -0.15) is 0 Å². The molecule has 35 heavy (non-hydrogen) atoms. The van der Waals surface area contributed by atoms with Crippen molar-refractivity contribution in [2.75, 3.05) is 12.4 Å². The number of β-lactam (4-membered cyclic amide) rings is 1. The monoisotopic (exact) mass is 576 g/mol. The minimum absolute atomic E-state index is 0.156. The first-order valence-electron chi connectivity index (χ1n) is 10.7. The van der Waals surface area contributed by atoms with Crippen molar-refractivity contribution in [3.05, 3.63) is 48.3 Å². The number of aromatic nitrogens is 2. The number of aryl methyl sites for hydroxylation is 1. The Hall–Kier alpha value is -1.59. The third-order valence-electron chi connectivity index (χ3n) is 5.72. The quantitative estimate of drug-likeness (QED) is 0.223. The number of rotatable bonds is 8. The lowest BCUT2D eigenvalue weighted by Crippen LogP contribution is -2.71. The van der Waals surface area contributed by atoms with E-state index in [0.29, 0.717) is 5.75 Å². The number of esters is 1. The van der Waals surface area contributed by atoms with Crippen LogP contribution in [-0.4, -0.2) is 70.6 Å². The number of nitrogens with zero attached hydrogens (tertiary/aromatic N) is 3. The molecule has 2 fully saturated rings. The molecule has 1 aromatic carbocycles. The van der Waals surface area contributed by atoms with Crippen molar-refractivity contribution >= 4 is 76.1 Å². The molecule has 0 spiro atoms. The number of benzene rings is 1. The molecule has 4 unspecified atom stereocenters. The Kier molecular flexibility index (Phi) is 7.88. The highest BCUT2D eigenvalue weighted by Crippen LogP contribution is 2.53. The summed E-state index contributed by atoms with van der Waals surface area (Å²) in [6.45, 7) is 1.45. The smallest absolute Gasteiger partial charge is 0.330 e. The lowest BCUT2D eigenvalue weighted by molar-refractivity contribution is -0.164. The Morgan fingerprint density at radius 1 is 1.29 bits per heavy atom. The van der Waals surface area contributed by atoms with Gasteiger partial charge in [-0.1, -0.05) is 76.9 Å². The summed E-state index contributed by atoms with van der Waals surface area (Å²) in [4.78, 5) is 44.6. The van der Waals surface area contributed by atoms with Crippen LogP contribution in [0.25, 0.3) is 0 Å². The first kappa shape index (κ1) is 26.5. The molecule has 2 aromatic rings. The predicted molar refractivity (Wildman–Crippen MR) is 138 cm³/mol. The highest BCUT2D eigenvalue weighted by Gasteiger charge is 2.66. The van der Waals surface area contributed by atoms with Gasteiger partial charge in [0.15, 0.2) is 5.16 Å². The summed E-state index contributed by atoms with van der Waals surface area (Å²) in [6, 6.07) is 7.62. The number of carbonyl (C=O) groups excluding carboxylic acids is 3. The lowest BCUT2D eigenvalue weighted by Gasteiger charge is -2.44. The molecule has 188 valence electrons. The van der Waals surface area contributed by atoms with E-state index in [1.807, 2.05) is 55.1 Å². The summed E-state index contributed by atoms with van der Waals surface area (Å²) in [5.41, 5.74) is 0.845. The van der Waals surface area contributed by atoms with Crippen molar-refractivity contribution in [1.29, 1.82) is 0 Å². The topological polar surface area (TPSA) is 93.5 Å². The molecule has 1 aromatic heterocycles. The van der Waals surface area contributed by atoms with Gasteiger partial charge in [0.2, 0.25) is 15.6 Å². The third-order valence-corrected chi connectivity index (χ3v) is 9.27. The molecular weight excluding hydrogens is 555 g/mol. The Labute approximate surface area is 226 Å². The highest BCUT2D eigenvalue weighted by molar-refractivity contribution is 8.04. The zero-order chi connectivity index (χ0) is 25.4. The maximum Gasteiger partial charge on any atom is 0.330 e. The fourth-order valence-electron chi connectivity index (χ4n) is 4.07. The minimum Gasteiger partial charge on any atom is -0.460 e. The predicted octanol–water partition coefficient (Wildman–Crippen LogP) is 3.20. The number of thioether (sulfide) groups is 2. The van der Waals surface area contributed by atoms with E-state index in [0.717, 1.165) is 10.7 Å². The van der Waals surface area contributed by atoms with Crippen LogP contribution in [0.4, 0.5) is 0 Å². The number of hydrogen-bond acceptors (Lipinski definition) is 7. The molecule has 8 nitrogen and oxygen atoms in total. The summed E-state index contributed by atoms with van der Waals surface area (Å²) < 4.78 is 4.65. The van der Waals surface area contributed by atoms with Crippen LogP contribution in [0.5, 0.6) is 0 Å². The van der Waals surface area contributed by atoms with Gasteiger partial charge in [0, 0.05) is 25.2 Å². The van der Waals surface area contributed by atoms with Crippen molar-refractivity contribution in [3.63, 3.8) is 0 Å². The summed E-state index contributed by atoms with van der Waals surface area (Å²) in [7, 11) is 1.88. The maximum absolute atomic E-state index is 13.1. The zero-order valence-electron chi connectivity index (χ0n) is 18.8. The highest BCUT2D eigenvalue weighted by atomic mass is 35.6. The fraction of sp³-hybridized carbons (Fsp3) is 0.455. The number of hydrogen-bond donors (Lipinski definition) is 1. The first-order valence-corrected chi connectivity index (χ1v) is 13.7. The molecule has 0 bridgehead atoms. The summed E-state index contributed by atoms with van der Waals surface area (Å²) in [5.74, 6) is -0.802. The Balaban J connectivity index is 1.49. The van der Waals surface area contributed by atoms with Gasteiger partial charge in [0.05, 0.1) is 11.2 Å². The van der Waals surface area contributed by atoms with Crippen LogP contribution in [0, 0.1) is 0 Å². The largest absolute Gasteiger partial charge is 0.460 e. The van der Waals surface area contributed by atoms with E-state index in [1.54, 1.807) is 6.20 Å². The van der Waals surface area contributed by atoms with Crippen LogP contribution in [0.3, 0.4) is 0 Å². The van der Waals surface area contributed by atoms with Crippen LogP contribution >= 0.6 is 58.3 Å². The Morgan fingerprint density at radius 3 is 2.63 bits per heavy atom. The zero-order valence-corrected chi connectivity index (χ0v) is 22.7. The first-order chi connectivity index (χ1) is 16.5. The molecule has 2 saturated heterocycles. The molecule has 4 rings (SSSR count). The molecule has 2 amide bonds. The normalized spacial score (nSPS) is 25.7. The van der Waals surface area contributed by atoms with E-state index >= 15 is 0 Å². The molecule has 0 aliphatic carbocycles. The van der Waals surface area contributed by atoms with Crippen LogP contribution in [0.1, 0.15) is 12.5 Å². The van der Waals surface area contributed by atoms with Gasteiger partial charge in [-0.05, 0) is 12.5 Å². The molecule has 0 radical (unpaired) electrons. The van der Waals surface area contributed by atoms with E-state index in [9.17, 15) is 14.4 Å². The van der Waals surface area contributed by atoms with Gasteiger partial charge in [-0.3, -0.25) is 9.59 Å². The Morgan fingerprint density at radius 2 is 2.00 bits per heavy atom. The number of alkyl halides is 3. The van der Waals surface area contributed by atoms with Crippen LogP contribution in [0.2, 0.25) is 0 Å². The fourth-order valence-corrected chi connectivity index (χ4v) is 7.20. The van der Waals surface area contributed by atoms with Gasteiger partial charge in [-0.15, -0.1) is 11.8 Å². The van der Waals surface area contributed by atoms with E-state index in [-0.39, 0.29) is 18.2 Å². The van der Waals surface area contributed by atoms with E-state index in [2.05, 4.69) is 10.3 Å². The molecule has 4 atom stereocenters. The van der Waals surface area contributed by atoms with Gasteiger partial charge in [0.25, 0.3) is 0 Å². The molecule has 1 N–H and O–H groups in total. The number of halogens is 3. The van der Waals surface area contributed by atoms with E-state index in [4.69, 9.17) is 39.5 Å². The number of amides is 2. The third kappa shape index (κ3) is 5.88. The number of nitrogens with one attached hydrogen (secondary N) is 1. The molecular formula is C22H23Cl3N4O4S2. The van der Waals surface area contributed by atoms with Crippen LogP contribution in [0.15, 0.2) is 47.9 Å². The van der Waals surface area contributed by atoms with E-state index < -0.39 is 38.6 Å². The van der Waals surface area contributed by atoms with Crippen molar-refractivity contribution in [3.8, 4) is 0 Å². The second-order valence-corrected chi connectivity index (χ2v) is 13.6. The van der Waals surface area contributed by atoms with Gasteiger partial charge < -0.3 is 19.5 Å². The number of imidazole rings is 1. The minimum atomic E-state index is -1.77. The average molecular weight is 578 g/mol. The average Bonchev–Trinajstić information content (AvgIpc) is 3.33. The van der Waals surface area contributed by atoms with Crippen molar-refractivity contribution in [2.45, 2.75) is 44.5 Å². The summed E-state index contributed by atoms with van der Waals surface area (Å²) in [5, 5.41) is 3.18. The molecule has 3 heterocycles. The second-order valence-electron chi connectivity index (χ2n) is 8.51. The second kappa shape index (κ2) is 10.4. The van der Waals surface area contributed by atoms with Gasteiger partial charge in [-0.25, -0.2) is 9.78 Å². The van der Waals surface area contributed by atoms with Crippen molar-refractivity contribution in [2.24, 2.45) is 7.05 Å². The number of ether oxygens (including phenoxy) is 1. The number of carbonyl (C=O) groups is 3. The van der Waals surface area contributed by atoms with Gasteiger partial charge >= 0.3 is 5.97 Å². The molecule has 2 aliphatic heterocycles. The number of fused-ring (bicyclic) bond motifs is 1. The molecule has 2 aliphatic rings.